The van der Waals surface area contributed by atoms with Gasteiger partial charge in [0.2, 0.25) is 0 Å². The number of thiophene rings is 1. The number of esters is 1. The molecular formula is C24H21NO4S. The summed E-state index contributed by atoms with van der Waals surface area (Å²) in [6.45, 7) is 0.624. The molecule has 0 saturated carbocycles. The van der Waals surface area contributed by atoms with Gasteiger partial charge in [-0.25, -0.2) is 9.59 Å². The first-order valence-electron chi connectivity index (χ1n) is 9.61. The Bertz CT molecular complexity index is 1060. The fourth-order valence-corrected chi connectivity index (χ4v) is 4.48. The van der Waals surface area contributed by atoms with Gasteiger partial charge in [0, 0.05) is 17.3 Å². The third kappa shape index (κ3) is 4.14. The van der Waals surface area contributed by atoms with Gasteiger partial charge < -0.3 is 14.8 Å². The first kappa shape index (κ1) is 19.9. The molecule has 0 fully saturated rings. The van der Waals surface area contributed by atoms with Crippen molar-refractivity contribution in [3.63, 3.8) is 0 Å². The number of carbonyl (C=O) groups is 2. The fourth-order valence-electron chi connectivity index (χ4n) is 3.62. The van der Waals surface area contributed by atoms with Gasteiger partial charge in [-0.3, -0.25) is 0 Å². The van der Waals surface area contributed by atoms with Gasteiger partial charge >= 0.3 is 12.1 Å². The highest BCUT2D eigenvalue weighted by molar-refractivity contribution is 7.14. The highest BCUT2D eigenvalue weighted by Crippen LogP contribution is 2.44. The Kier molecular flexibility index (Phi) is 5.95. The number of amides is 1. The maximum atomic E-state index is 12.1. The molecule has 1 N–H and O–H groups in total. The molecule has 1 aromatic heterocycles. The summed E-state index contributed by atoms with van der Waals surface area (Å²) in [5.41, 5.74) is 4.77. The van der Waals surface area contributed by atoms with Crippen LogP contribution in [0, 0.1) is 0 Å². The number of nitrogens with one attached hydrogen (secondary N) is 1. The van der Waals surface area contributed by atoms with E-state index >= 15 is 0 Å². The van der Waals surface area contributed by atoms with E-state index in [0.717, 1.165) is 4.88 Å². The number of hydrogen-bond acceptors (Lipinski definition) is 5. The van der Waals surface area contributed by atoms with Gasteiger partial charge in [-0.05, 0) is 40.5 Å². The summed E-state index contributed by atoms with van der Waals surface area (Å²) in [6.07, 6.45) is 3.21. The van der Waals surface area contributed by atoms with Crippen LogP contribution < -0.4 is 5.32 Å². The quantitative estimate of drug-likeness (QED) is 0.566. The number of ether oxygens (including phenoxy) is 2. The summed E-state index contributed by atoms with van der Waals surface area (Å²) >= 11 is 1.33. The van der Waals surface area contributed by atoms with Gasteiger partial charge in [0.15, 0.2) is 0 Å². The Hall–Kier alpha value is -3.38. The van der Waals surface area contributed by atoms with Gasteiger partial charge in [0.1, 0.15) is 11.5 Å². The summed E-state index contributed by atoms with van der Waals surface area (Å²) in [6, 6.07) is 20.0. The van der Waals surface area contributed by atoms with Crippen molar-refractivity contribution in [1.29, 1.82) is 0 Å². The van der Waals surface area contributed by atoms with Gasteiger partial charge in [-0.1, -0.05) is 54.6 Å². The second-order valence-electron chi connectivity index (χ2n) is 6.80. The Balaban J connectivity index is 1.30. The zero-order valence-electron chi connectivity index (χ0n) is 16.5. The average molecular weight is 420 g/mol. The predicted molar refractivity (Wildman–Crippen MR) is 118 cm³/mol. The number of benzene rings is 2. The molecule has 1 amide bonds. The smallest absolute Gasteiger partial charge is 0.407 e. The molecule has 2 aromatic carbocycles. The number of carbonyl (C=O) groups excluding carboxylic acids is 2. The fraction of sp³-hybridized carbons (Fsp3) is 0.167. The molecular weight excluding hydrogens is 398 g/mol. The normalized spacial score (nSPS) is 12.4. The lowest BCUT2D eigenvalue weighted by Crippen LogP contribution is -2.26. The molecule has 1 aliphatic rings. The summed E-state index contributed by atoms with van der Waals surface area (Å²) < 4.78 is 10.2. The van der Waals surface area contributed by atoms with E-state index in [0.29, 0.717) is 11.4 Å². The molecule has 0 bridgehead atoms. The zero-order valence-corrected chi connectivity index (χ0v) is 17.3. The first-order valence-corrected chi connectivity index (χ1v) is 10.4. The molecule has 5 nitrogen and oxygen atoms in total. The maximum absolute atomic E-state index is 12.1. The lowest BCUT2D eigenvalue weighted by molar-refractivity contribution is 0.0606. The molecule has 1 heterocycles. The predicted octanol–water partition coefficient (Wildman–Crippen LogP) is 5.09. The van der Waals surface area contributed by atoms with Crippen LogP contribution in [0.1, 0.15) is 31.6 Å². The standard InChI is InChI=1S/C24H21NO4S/c1-28-23(26)22-13-12-16(30-22)7-6-14-25-24(27)29-15-21-19-10-4-2-8-17(19)18-9-3-5-11-20(18)21/h2-13,21H,14-15H2,1H3,(H,25,27). The molecule has 3 aromatic rings. The van der Waals surface area contributed by atoms with E-state index in [4.69, 9.17) is 9.47 Å². The van der Waals surface area contributed by atoms with Crippen molar-refractivity contribution in [2.24, 2.45) is 0 Å². The molecule has 0 atom stereocenters. The maximum Gasteiger partial charge on any atom is 0.407 e. The summed E-state index contributed by atoms with van der Waals surface area (Å²) in [5.74, 6) is -0.307. The third-order valence-electron chi connectivity index (χ3n) is 5.00. The highest BCUT2D eigenvalue weighted by Gasteiger charge is 2.28. The molecule has 0 radical (unpaired) electrons. The number of fused-ring (bicyclic) bond motifs is 3. The lowest BCUT2D eigenvalue weighted by Gasteiger charge is -2.14. The van der Waals surface area contributed by atoms with E-state index in [-0.39, 0.29) is 18.5 Å². The van der Waals surface area contributed by atoms with Crippen molar-refractivity contribution in [3.8, 4) is 11.1 Å². The summed E-state index contributed by atoms with van der Waals surface area (Å²) in [4.78, 5) is 25.1. The first-order chi connectivity index (χ1) is 14.7. The second-order valence-corrected chi connectivity index (χ2v) is 7.92. The summed E-state index contributed by atoms with van der Waals surface area (Å²) in [5, 5.41) is 2.73. The van der Waals surface area contributed by atoms with E-state index in [9.17, 15) is 9.59 Å². The van der Waals surface area contributed by atoms with E-state index in [1.165, 1.54) is 40.7 Å². The van der Waals surface area contributed by atoms with Crippen LogP contribution in [0.15, 0.2) is 66.7 Å². The van der Waals surface area contributed by atoms with Crippen molar-refractivity contribution in [1.82, 2.24) is 5.32 Å². The zero-order chi connectivity index (χ0) is 20.9. The lowest BCUT2D eigenvalue weighted by atomic mass is 9.98. The molecule has 4 rings (SSSR count). The molecule has 0 spiro atoms. The molecule has 0 unspecified atom stereocenters. The van der Waals surface area contributed by atoms with Gasteiger partial charge in [-0.2, -0.15) is 0 Å². The third-order valence-corrected chi connectivity index (χ3v) is 6.03. The van der Waals surface area contributed by atoms with Crippen LogP contribution in [0.25, 0.3) is 17.2 Å². The molecule has 152 valence electrons. The van der Waals surface area contributed by atoms with Gasteiger partial charge in [0.05, 0.1) is 7.11 Å². The van der Waals surface area contributed by atoms with Crippen molar-refractivity contribution in [2.45, 2.75) is 5.92 Å². The van der Waals surface area contributed by atoms with Crippen molar-refractivity contribution < 1.29 is 19.1 Å². The molecule has 1 aliphatic carbocycles. The molecule has 0 saturated heterocycles. The van der Waals surface area contributed by atoms with Crippen LogP contribution in [-0.4, -0.2) is 32.3 Å². The monoisotopic (exact) mass is 419 g/mol. The minimum absolute atomic E-state index is 0.0431. The average Bonchev–Trinajstić information content (AvgIpc) is 3.38. The van der Waals surface area contributed by atoms with Crippen LogP contribution in [0.5, 0.6) is 0 Å². The van der Waals surface area contributed by atoms with E-state index in [1.807, 2.05) is 42.5 Å². The van der Waals surface area contributed by atoms with Crippen molar-refractivity contribution in [3.05, 3.63) is 87.6 Å². The van der Waals surface area contributed by atoms with E-state index < -0.39 is 6.09 Å². The Morgan fingerprint density at radius 2 is 1.67 bits per heavy atom. The van der Waals surface area contributed by atoms with Crippen molar-refractivity contribution in [2.75, 3.05) is 20.3 Å². The van der Waals surface area contributed by atoms with E-state index in [1.54, 1.807) is 6.07 Å². The summed E-state index contributed by atoms with van der Waals surface area (Å²) in [7, 11) is 1.36. The SMILES string of the molecule is COC(=O)c1ccc(C=CCNC(=O)OCC2c3ccccc3-c3ccccc32)s1. The number of methoxy groups -OCH3 is 1. The Morgan fingerprint density at radius 1 is 1.00 bits per heavy atom. The number of alkyl carbamates (subject to hydrolysis) is 1. The van der Waals surface area contributed by atoms with Crippen LogP contribution in [-0.2, 0) is 9.47 Å². The Morgan fingerprint density at radius 3 is 2.33 bits per heavy atom. The molecule has 6 heteroatoms. The van der Waals surface area contributed by atoms with Crippen LogP contribution in [0.4, 0.5) is 4.79 Å². The number of rotatable bonds is 6. The second kappa shape index (κ2) is 8.97. The number of hydrogen-bond donors (Lipinski definition) is 1. The largest absolute Gasteiger partial charge is 0.465 e. The van der Waals surface area contributed by atoms with Crippen molar-refractivity contribution >= 4 is 29.5 Å². The minimum atomic E-state index is -0.456. The van der Waals surface area contributed by atoms with Crippen LogP contribution >= 0.6 is 11.3 Å². The molecule has 30 heavy (non-hydrogen) atoms. The minimum Gasteiger partial charge on any atom is -0.465 e. The highest BCUT2D eigenvalue weighted by atomic mass is 32.1. The van der Waals surface area contributed by atoms with Crippen LogP contribution in [0.2, 0.25) is 0 Å². The van der Waals surface area contributed by atoms with E-state index in [2.05, 4.69) is 29.6 Å². The van der Waals surface area contributed by atoms with Crippen LogP contribution in [0.3, 0.4) is 0 Å². The van der Waals surface area contributed by atoms with Gasteiger partial charge in [0.25, 0.3) is 0 Å². The topological polar surface area (TPSA) is 64.6 Å². The molecule has 0 aliphatic heterocycles. The van der Waals surface area contributed by atoms with Gasteiger partial charge in [-0.15, -0.1) is 11.3 Å². The Labute approximate surface area is 179 Å².